The maximum atomic E-state index is 11.4. The Kier molecular flexibility index (Phi) is 3.13. The fourth-order valence-corrected chi connectivity index (χ4v) is 1.64. The molecule has 0 saturated heterocycles. The van der Waals surface area contributed by atoms with Gasteiger partial charge in [-0.25, -0.2) is 4.79 Å². The Hall–Kier alpha value is -3.30. The summed E-state index contributed by atoms with van der Waals surface area (Å²) in [7, 11) is 0. The molecule has 1 aromatic heterocycles. The molecule has 2 rings (SSSR count). The largest absolute Gasteiger partial charge is 0.357 e. The number of nitro groups is 2. The zero-order valence-corrected chi connectivity index (χ0v) is 9.65. The Morgan fingerprint density at radius 1 is 1.00 bits per heavy atom. The van der Waals surface area contributed by atoms with Gasteiger partial charge in [-0.15, -0.1) is 0 Å². The molecule has 0 saturated carbocycles. The first-order valence-corrected chi connectivity index (χ1v) is 5.16. The van der Waals surface area contributed by atoms with E-state index in [4.69, 9.17) is 0 Å². The Labute approximate surface area is 109 Å². The molecule has 0 unspecified atom stereocenters. The number of hydrogen-bond acceptors (Lipinski definition) is 6. The molecule has 0 aliphatic heterocycles. The standard InChI is InChI=1S/C10H6N4O6/c15-9-8(14(19)20)7(11-10(16)12-9)5-2-1-3-6(4-5)13(17)18/h1-4H,(H2,11,12,15,16). The lowest BCUT2D eigenvalue weighted by Gasteiger charge is -2.01. The van der Waals surface area contributed by atoms with Gasteiger partial charge < -0.3 is 4.98 Å². The predicted octanol–water partition coefficient (Wildman–Crippen LogP) is 0.547. The second-order valence-electron chi connectivity index (χ2n) is 3.70. The van der Waals surface area contributed by atoms with E-state index in [-0.39, 0.29) is 16.9 Å². The van der Waals surface area contributed by atoms with Crippen LogP contribution in [0.4, 0.5) is 11.4 Å². The summed E-state index contributed by atoms with van der Waals surface area (Å²) in [4.78, 5) is 46.4. The molecule has 2 aromatic rings. The van der Waals surface area contributed by atoms with Crippen molar-refractivity contribution in [2.75, 3.05) is 0 Å². The number of aromatic amines is 2. The summed E-state index contributed by atoms with van der Waals surface area (Å²) in [5, 5.41) is 21.5. The Balaban J connectivity index is 2.78. The van der Waals surface area contributed by atoms with Crippen LogP contribution >= 0.6 is 0 Å². The summed E-state index contributed by atoms with van der Waals surface area (Å²) in [6.07, 6.45) is 0. The molecule has 102 valence electrons. The summed E-state index contributed by atoms with van der Waals surface area (Å²) >= 11 is 0. The van der Waals surface area contributed by atoms with Gasteiger partial charge in [-0.1, -0.05) is 12.1 Å². The van der Waals surface area contributed by atoms with Crippen LogP contribution in [0.5, 0.6) is 0 Å². The highest BCUT2D eigenvalue weighted by Crippen LogP contribution is 2.26. The molecule has 10 heteroatoms. The Morgan fingerprint density at radius 3 is 2.30 bits per heavy atom. The summed E-state index contributed by atoms with van der Waals surface area (Å²) in [6, 6.07) is 4.81. The average molecular weight is 278 g/mol. The van der Waals surface area contributed by atoms with Gasteiger partial charge in [0.05, 0.1) is 9.85 Å². The minimum Gasteiger partial charge on any atom is -0.301 e. The minimum atomic E-state index is -1.18. The molecule has 20 heavy (non-hydrogen) atoms. The van der Waals surface area contributed by atoms with Crippen LogP contribution in [0.25, 0.3) is 11.3 Å². The molecular formula is C10H6N4O6. The Bertz CT molecular complexity index is 821. The van der Waals surface area contributed by atoms with E-state index in [1.807, 2.05) is 0 Å². The van der Waals surface area contributed by atoms with E-state index >= 15 is 0 Å². The monoisotopic (exact) mass is 278 g/mol. The molecule has 2 N–H and O–H groups in total. The van der Waals surface area contributed by atoms with E-state index < -0.39 is 26.8 Å². The molecule has 0 amide bonds. The third-order valence-corrected chi connectivity index (χ3v) is 2.45. The van der Waals surface area contributed by atoms with Crippen molar-refractivity contribution in [3.05, 3.63) is 65.3 Å². The van der Waals surface area contributed by atoms with E-state index in [0.717, 1.165) is 6.07 Å². The summed E-state index contributed by atoms with van der Waals surface area (Å²) in [6.45, 7) is 0. The van der Waals surface area contributed by atoms with Gasteiger partial charge in [0.15, 0.2) is 0 Å². The van der Waals surface area contributed by atoms with Gasteiger partial charge in [0.2, 0.25) is 0 Å². The average Bonchev–Trinajstić information content (AvgIpc) is 2.37. The summed E-state index contributed by atoms with van der Waals surface area (Å²) in [5.41, 5.74) is -3.72. The van der Waals surface area contributed by atoms with Crippen LogP contribution in [0.1, 0.15) is 0 Å². The maximum Gasteiger partial charge on any atom is 0.357 e. The van der Waals surface area contributed by atoms with Crippen LogP contribution in [0.15, 0.2) is 33.9 Å². The fraction of sp³-hybridized carbons (Fsp3) is 0. The summed E-state index contributed by atoms with van der Waals surface area (Å²) in [5.74, 6) is 0. The SMILES string of the molecule is O=c1[nH]c(-c2cccc([N+](=O)[O-])c2)c([N+](=O)[O-])c(=O)[nH]1. The normalized spacial score (nSPS) is 10.2. The Morgan fingerprint density at radius 2 is 1.70 bits per heavy atom. The first-order chi connectivity index (χ1) is 9.40. The van der Waals surface area contributed by atoms with Gasteiger partial charge in [-0.2, -0.15) is 0 Å². The molecule has 0 aliphatic carbocycles. The number of hydrogen-bond donors (Lipinski definition) is 2. The first kappa shape index (κ1) is 13.1. The number of nitrogens with one attached hydrogen (secondary N) is 2. The topological polar surface area (TPSA) is 152 Å². The van der Waals surface area contributed by atoms with Crippen molar-refractivity contribution in [3.63, 3.8) is 0 Å². The van der Waals surface area contributed by atoms with Crippen molar-refractivity contribution < 1.29 is 9.85 Å². The van der Waals surface area contributed by atoms with Gasteiger partial charge in [-0.05, 0) is 0 Å². The first-order valence-electron chi connectivity index (χ1n) is 5.16. The second kappa shape index (κ2) is 4.76. The zero-order chi connectivity index (χ0) is 14.9. The molecule has 0 atom stereocenters. The van der Waals surface area contributed by atoms with Crippen LogP contribution in [0, 0.1) is 20.2 Å². The maximum absolute atomic E-state index is 11.4. The molecule has 1 heterocycles. The van der Waals surface area contributed by atoms with Crippen LogP contribution in [0.2, 0.25) is 0 Å². The lowest BCUT2D eigenvalue weighted by Crippen LogP contribution is -2.25. The highest BCUT2D eigenvalue weighted by Gasteiger charge is 2.23. The van der Waals surface area contributed by atoms with Crippen molar-refractivity contribution in [1.82, 2.24) is 9.97 Å². The van der Waals surface area contributed by atoms with E-state index in [1.54, 1.807) is 4.98 Å². The molecule has 1 aromatic carbocycles. The molecular weight excluding hydrogens is 272 g/mol. The number of benzene rings is 1. The molecule has 10 nitrogen and oxygen atoms in total. The summed E-state index contributed by atoms with van der Waals surface area (Å²) < 4.78 is 0. The zero-order valence-electron chi connectivity index (χ0n) is 9.65. The van der Waals surface area contributed by atoms with E-state index in [1.165, 1.54) is 18.2 Å². The molecule has 0 fully saturated rings. The molecule has 0 aliphatic rings. The van der Waals surface area contributed by atoms with Crippen molar-refractivity contribution in [1.29, 1.82) is 0 Å². The van der Waals surface area contributed by atoms with E-state index in [0.29, 0.717) is 0 Å². The smallest absolute Gasteiger partial charge is 0.301 e. The number of aromatic nitrogens is 2. The van der Waals surface area contributed by atoms with Gasteiger partial charge in [0.1, 0.15) is 5.69 Å². The van der Waals surface area contributed by atoms with E-state index in [9.17, 15) is 29.8 Å². The van der Waals surface area contributed by atoms with Gasteiger partial charge in [0.25, 0.3) is 5.69 Å². The number of H-pyrrole nitrogens is 2. The number of nitro benzene ring substituents is 1. The molecule has 0 bridgehead atoms. The van der Waals surface area contributed by atoms with Crippen LogP contribution in [0.3, 0.4) is 0 Å². The lowest BCUT2D eigenvalue weighted by atomic mass is 10.1. The minimum absolute atomic E-state index is 0.00546. The van der Waals surface area contributed by atoms with Crippen molar-refractivity contribution in [3.8, 4) is 11.3 Å². The quantitative estimate of drug-likeness (QED) is 0.617. The molecule has 0 radical (unpaired) electrons. The van der Waals surface area contributed by atoms with Crippen molar-refractivity contribution in [2.24, 2.45) is 0 Å². The van der Waals surface area contributed by atoms with Gasteiger partial charge >= 0.3 is 16.9 Å². The van der Waals surface area contributed by atoms with Crippen molar-refractivity contribution >= 4 is 11.4 Å². The van der Waals surface area contributed by atoms with Crippen LogP contribution in [-0.4, -0.2) is 19.8 Å². The number of rotatable bonds is 3. The van der Waals surface area contributed by atoms with Gasteiger partial charge in [-0.3, -0.25) is 30.0 Å². The molecule has 0 spiro atoms. The van der Waals surface area contributed by atoms with Crippen molar-refractivity contribution in [2.45, 2.75) is 0 Å². The highest BCUT2D eigenvalue weighted by molar-refractivity contribution is 5.70. The van der Waals surface area contributed by atoms with Gasteiger partial charge in [0, 0.05) is 17.7 Å². The number of nitrogens with zero attached hydrogens (tertiary/aromatic N) is 2. The third kappa shape index (κ3) is 2.29. The van der Waals surface area contributed by atoms with Crippen LogP contribution < -0.4 is 11.2 Å². The number of non-ortho nitro benzene ring substituents is 1. The lowest BCUT2D eigenvalue weighted by molar-refractivity contribution is -0.386. The fourth-order valence-electron chi connectivity index (χ4n) is 1.64. The van der Waals surface area contributed by atoms with Crippen LogP contribution in [-0.2, 0) is 0 Å². The van der Waals surface area contributed by atoms with E-state index in [2.05, 4.69) is 4.98 Å². The second-order valence-corrected chi connectivity index (χ2v) is 3.70. The third-order valence-electron chi connectivity index (χ3n) is 2.45. The predicted molar refractivity (Wildman–Crippen MR) is 66.4 cm³/mol. The highest BCUT2D eigenvalue weighted by atomic mass is 16.6.